The summed E-state index contributed by atoms with van der Waals surface area (Å²) in [5, 5.41) is 0.341. The van der Waals surface area contributed by atoms with E-state index in [0.717, 1.165) is 11.6 Å². The molecule has 0 atom stereocenters. The van der Waals surface area contributed by atoms with Crippen molar-refractivity contribution in [1.82, 2.24) is 4.98 Å². The lowest BCUT2D eigenvalue weighted by Gasteiger charge is -2.04. The molecule has 1 heterocycles. The fourth-order valence-electron chi connectivity index (χ4n) is 2.07. The van der Waals surface area contributed by atoms with Crippen LogP contribution in [-0.2, 0) is 0 Å². The Morgan fingerprint density at radius 3 is 2.65 bits per heavy atom. The highest BCUT2D eigenvalue weighted by Crippen LogP contribution is 2.23. The molecule has 3 rings (SSSR count). The Morgan fingerprint density at radius 1 is 1.10 bits per heavy atom. The monoisotopic (exact) mass is 273 g/mol. The van der Waals surface area contributed by atoms with Gasteiger partial charge >= 0.3 is 5.63 Å². The van der Waals surface area contributed by atoms with Crippen LogP contribution >= 0.6 is 0 Å². The molecule has 0 radical (unpaired) electrons. The maximum Gasteiger partial charge on any atom is 0.347 e. The van der Waals surface area contributed by atoms with Crippen LogP contribution in [-0.4, -0.2) is 4.98 Å². The quantitative estimate of drug-likeness (QED) is 0.682. The molecule has 20 heavy (non-hydrogen) atoms. The Hall–Kier alpha value is -2.56. The van der Waals surface area contributed by atoms with E-state index in [1.54, 1.807) is 25.1 Å². The standard InChI is InChI=1S/C15H9F2NO2/c1-8-4-2-7-11-12(8)15(19)20-14(18-11)9-5-3-6-10(16)13(9)17/h2-7H,1H3. The Bertz CT molecular complexity index is 871. The largest absolute Gasteiger partial charge is 0.403 e. The van der Waals surface area contributed by atoms with Gasteiger partial charge in [0.25, 0.3) is 0 Å². The zero-order valence-corrected chi connectivity index (χ0v) is 10.5. The summed E-state index contributed by atoms with van der Waals surface area (Å²) in [6.07, 6.45) is 0. The van der Waals surface area contributed by atoms with Crippen LogP contribution in [0.2, 0.25) is 0 Å². The van der Waals surface area contributed by atoms with E-state index >= 15 is 0 Å². The zero-order chi connectivity index (χ0) is 14.3. The fourth-order valence-corrected chi connectivity index (χ4v) is 2.07. The van der Waals surface area contributed by atoms with Crippen LogP contribution in [0.25, 0.3) is 22.4 Å². The van der Waals surface area contributed by atoms with Crippen molar-refractivity contribution in [2.75, 3.05) is 0 Å². The normalized spacial score (nSPS) is 10.9. The van der Waals surface area contributed by atoms with Gasteiger partial charge in [0, 0.05) is 0 Å². The number of nitrogens with zero attached hydrogens (tertiary/aromatic N) is 1. The Morgan fingerprint density at radius 2 is 1.85 bits per heavy atom. The molecule has 0 N–H and O–H groups in total. The van der Waals surface area contributed by atoms with Crippen molar-refractivity contribution >= 4 is 10.9 Å². The molecule has 0 bridgehead atoms. The van der Waals surface area contributed by atoms with Crippen molar-refractivity contribution in [3.63, 3.8) is 0 Å². The molecule has 0 aliphatic heterocycles. The SMILES string of the molecule is Cc1cccc2nc(-c3cccc(F)c3F)oc(=O)c12. The van der Waals surface area contributed by atoms with Crippen molar-refractivity contribution in [1.29, 1.82) is 0 Å². The molecular formula is C15H9F2NO2. The van der Waals surface area contributed by atoms with Crippen LogP contribution < -0.4 is 5.63 Å². The van der Waals surface area contributed by atoms with Gasteiger partial charge in [-0.15, -0.1) is 0 Å². The summed E-state index contributed by atoms with van der Waals surface area (Å²) in [6.45, 7) is 1.75. The number of hydrogen-bond acceptors (Lipinski definition) is 3. The predicted molar refractivity (Wildman–Crippen MR) is 70.4 cm³/mol. The summed E-state index contributed by atoms with van der Waals surface area (Å²) in [5.74, 6) is -2.34. The summed E-state index contributed by atoms with van der Waals surface area (Å²) >= 11 is 0. The first kappa shape index (κ1) is 12.5. The summed E-state index contributed by atoms with van der Waals surface area (Å²) in [7, 11) is 0. The van der Waals surface area contributed by atoms with E-state index in [4.69, 9.17) is 4.42 Å². The number of fused-ring (bicyclic) bond motifs is 1. The van der Waals surface area contributed by atoms with Gasteiger partial charge in [-0.3, -0.25) is 0 Å². The van der Waals surface area contributed by atoms with Gasteiger partial charge < -0.3 is 4.42 Å². The van der Waals surface area contributed by atoms with E-state index in [2.05, 4.69) is 4.98 Å². The van der Waals surface area contributed by atoms with Gasteiger partial charge in [0.05, 0.1) is 16.5 Å². The van der Waals surface area contributed by atoms with E-state index in [0.29, 0.717) is 10.9 Å². The number of aromatic nitrogens is 1. The Kier molecular flexibility index (Phi) is 2.82. The molecule has 0 unspecified atom stereocenters. The second-order valence-electron chi connectivity index (χ2n) is 4.38. The summed E-state index contributed by atoms with van der Waals surface area (Å²) in [6, 6.07) is 8.74. The predicted octanol–water partition coefficient (Wildman–Crippen LogP) is 3.44. The highest BCUT2D eigenvalue weighted by atomic mass is 19.2. The van der Waals surface area contributed by atoms with Gasteiger partial charge in [-0.1, -0.05) is 18.2 Å². The van der Waals surface area contributed by atoms with Crippen molar-refractivity contribution in [2.45, 2.75) is 6.92 Å². The molecule has 3 nitrogen and oxygen atoms in total. The molecule has 0 saturated carbocycles. The number of aryl methyl sites for hydroxylation is 1. The van der Waals surface area contributed by atoms with Gasteiger partial charge in [0.1, 0.15) is 0 Å². The van der Waals surface area contributed by atoms with Gasteiger partial charge in [-0.05, 0) is 30.7 Å². The smallest absolute Gasteiger partial charge is 0.347 e. The van der Waals surface area contributed by atoms with Crippen molar-refractivity contribution in [3.05, 3.63) is 64.0 Å². The highest BCUT2D eigenvalue weighted by molar-refractivity contribution is 5.81. The lowest BCUT2D eigenvalue weighted by atomic mass is 10.1. The van der Waals surface area contributed by atoms with Gasteiger partial charge in [-0.2, -0.15) is 0 Å². The summed E-state index contributed by atoms with van der Waals surface area (Å²) < 4.78 is 32.0. The topological polar surface area (TPSA) is 43.1 Å². The molecule has 0 aliphatic carbocycles. The minimum Gasteiger partial charge on any atom is -0.403 e. The van der Waals surface area contributed by atoms with Crippen LogP contribution in [0.4, 0.5) is 8.78 Å². The molecule has 0 amide bonds. The molecule has 0 saturated heterocycles. The minimum absolute atomic E-state index is 0.175. The van der Waals surface area contributed by atoms with Crippen LogP contribution in [0.5, 0.6) is 0 Å². The van der Waals surface area contributed by atoms with Crippen molar-refractivity contribution in [3.8, 4) is 11.5 Å². The second kappa shape index (κ2) is 4.52. The van der Waals surface area contributed by atoms with Gasteiger partial charge in [-0.25, -0.2) is 18.6 Å². The molecule has 100 valence electrons. The summed E-state index contributed by atoms with van der Waals surface area (Å²) in [5.41, 5.74) is 0.312. The third kappa shape index (κ3) is 1.87. The van der Waals surface area contributed by atoms with E-state index in [1.165, 1.54) is 12.1 Å². The molecule has 3 aromatic rings. The van der Waals surface area contributed by atoms with Crippen molar-refractivity contribution in [2.24, 2.45) is 0 Å². The molecule has 5 heteroatoms. The number of halogens is 2. The maximum absolute atomic E-state index is 13.7. The maximum atomic E-state index is 13.7. The molecule has 1 aromatic heterocycles. The Balaban J connectivity index is 2.34. The third-order valence-electron chi connectivity index (χ3n) is 3.05. The van der Waals surface area contributed by atoms with E-state index in [-0.39, 0.29) is 11.5 Å². The average molecular weight is 273 g/mol. The number of benzene rings is 2. The van der Waals surface area contributed by atoms with Crippen LogP contribution in [0.15, 0.2) is 45.6 Å². The van der Waals surface area contributed by atoms with Crippen LogP contribution in [0.3, 0.4) is 0 Å². The van der Waals surface area contributed by atoms with Crippen LogP contribution in [0.1, 0.15) is 5.56 Å². The third-order valence-corrected chi connectivity index (χ3v) is 3.05. The number of rotatable bonds is 1. The molecular weight excluding hydrogens is 264 g/mol. The molecule has 0 spiro atoms. The van der Waals surface area contributed by atoms with Gasteiger partial charge in [0.2, 0.25) is 5.89 Å². The number of hydrogen-bond donors (Lipinski definition) is 0. The lowest BCUT2D eigenvalue weighted by molar-refractivity contribution is 0.489. The van der Waals surface area contributed by atoms with Crippen LogP contribution in [0, 0.1) is 18.6 Å². The van der Waals surface area contributed by atoms with E-state index in [9.17, 15) is 13.6 Å². The highest BCUT2D eigenvalue weighted by Gasteiger charge is 2.15. The molecule has 2 aromatic carbocycles. The first-order valence-corrected chi connectivity index (χ1v) is 5.93. The molecule has 0 fully saturated rings. The van der Waals surface area contributed by atoms with E-state index < -0.39 is 17.3 Å². The zero-order valence-electron chi connectivity index (χ0n) is 10.5. The second-order valence-corrected chi connectivity index (χ2v) is 4.38. The molecule has 0 aliphatic rings. The average Bonchev–Trinajstić information content (AvgIpc) is 2.41. The van der Waals surface area contributed by atoms with Crippen molar-refractivity contribution < 1.29 is 13.2 Å². The van der Waals surface area contributed by atoms with Gasteiger partial charge in [0.15, 0.2) is 11.6 Å². The minimum atomic E-state index is -1.09. The summed E-state index contributed by atoms with van der Waals surface area (Å²) in [4.78, 5) is 16.1. The lowest BCUT2D eigenvalue weighted by Crippen LogP contribution is -2.05. The first-order chi connectivity index (χ1) is 9.58. The first-order valence-electron chi connectivity index (χ1n) is 5.93. The Labute approximate surface area is 112 Å². The fraction of sp³-hybridized carbons (Fsp3) is 0.0667. The van der Waals surface area contributed by atoms with E-state index in [1.807, 2.05) is 0 Å².